The van der Waals surface area contributed by atoms with Crippen molar-refractivity contribution in [2.75, 3.05) is 4.90 Å². The molecule has 0 N–H and O–H groups in total. The lowest BCUT2D eigenvalue weighted by atomic mass is 10.0. The van der Waals surface area contributed by atoms with E-state index in [2.05, 4.69) is 4.99 Å². The molecule has 30 heavy (non-hydrogen) atoms. The van der Waals surface area contributed by atoms with E-state index in [0.717, 1.165) is 5.69 Å². The molecule has 1 atom stereocenters. The molecule has 0 fully saturated rings. The quantitative estimate of drug-likeness (QED) is 0.588. The SMILES string of the molecule is O=C(c1ccccc1)C1CC(S(=O)(=O)c2ccccc2)=C2C=Nc3ccccc3N21. The summed E-state index contributed by atoms with van der Waals surface area (Å²) in [5.41, 5.74) is 2.47. The number of anilines is 1. The third-order valence-corrected chi connectivity index (χ3v) is 7.36. The first-order valence-corrected chi connectivity index (χ1v) is 11.1. The highest BCUT2D eigenvalue weighted by Gasteiger charge is 2.43. The van der Waals surface area contributed by atoms with Crippen molar-refractivity contribution in [1.82, 2.24) is 0 Å². The van der Waals surface area contributed by atoms with E-state index >= 15 is 0 Å². The van der Waals surface area contributed by atoms with Gasteiger partial charge in [-0.1, -0.05) is 60.7 Å². The summed E-state index contributed by atoms with van der Waals surface area (Å²) in [5, 5.41) is 0. The Hall–Kier alpha value is -3.51. The van der Waals surface area contributed by atoms with Crippen LogP contribution in [-0.4, -0.2) is 26.5 Å². The second-order valence-electron chi connectivity index (χ2n) is 7.19. The number of carbonyl (C=O) groups excluding carboxylic acids is 1. The molecular formula is C24H18N2O3S. The number of ketones is 1. The molecule has 0 amide bonds. The van der Waals surface area contributed by atoms with Gasteiger partial charge in [0.25, 0.3) is 0 Å². The van der Waals surface area contributed by atoms with E-state index in [9.17, 15) is 13.2 Å². The fraction of sp³-hybridized carbons (Fsp3) is 0.0833. The van der Waals surface area contributed by atoms with E-state index < -0.39 is 15.9 Å². The van der Waals surface area contributed by atoms with Crippen molar-refractivity contribution < 1.29 is 13.2 Å². The van der Waals surface area contributed by atoms with Gasteiger partial charge in [-0.2, -0.15) is 0 Å². The van der Waals surface area contributed by atoms with Gasteiger partial charge in [0.15, 0.2) is 5.78 Å². The first kappa shape index (κ1) is 18.5. The van der Waals surface area contributed by atoms with Gasteiger partial charge in [-0.3, -0.25) is 9.79 Å². The minimum Gasteiger partial charge on any atom is -0.326 e. The van der Waals surface area contributed by atoms with Crippen LogP contribution in [0.4, 0.5) is 11.4 Å². The second-order valence-corrected chi connectivity index (χ2v) is 9.16. The molecule has 1 unspecified atom stereocenters. The van der Waals surface area contributed by atoms with Crippen molar-refractivity contribution in [3.05, 3.63) is 101 Å². The Balaban J connectivity index is 1.67. The molecule has 0 radical (unpaired) electrons. The average molecular weight is 414 g/mol. The van der Waals surface area contributed by atoms with E-state index in [-0.39, 0.29) is 22.0 Å². The molecule has 148 valence electrons. The number of nitrogens with zero attached hydrogens (tertiary/aromatic N) is 2. The van der Waals surface area contributed by atoms with Gasteiger partial charge in [-0.15, -0.1) is 0 Å². The van der Waals surface area contributed by atoms with Crippen molar-refractivity contribution >= 4 is 33.2 Å². The zero-order valence-corrected chi connectivity index (χ0v) is 16.8. The number of rotatable bonds is 4. The van der Waals surface area contributed by atoms with Crippen molar-refractivity contribution in [2.24, 2.45) is 4.99 Å². The first-order valence-electron chi connectivity index (χ1n) is 9.62. The number of carbonyl (C=O) groups is 1. The summed E-state index contributed by atoms with van der Waals surface area (Å²) in [7, 11) is -3.77. The monoisotopic (exact) mass is 414 g/mol. The van der Waals surface area contributed by atoms with Gasteiger partial charge in [0.05, 0.1) is 33.1 Å². The Morgan fingerprint density at radius 2 is 1.50 bits per heavy atom. The molecule has 2 aliphatic heterocycles. The molecule has 3 aromatic carbocycles. The fourth-order valence-corrected chi connectivity index (χ4v) is 5.61. The Morgan fingerprint density at radius 1 is 0.867 bits per heavy atom. The molecule has 3 aromatic rings. The zero-order valence-electron chi connectivity index (χ0n) is 16.0. The van der Waals surface area contributed by atoms with Crippen LogP contribution in [0.25, 0.3) is 0 Å². The highest BCUT2D eigenvalue weighted by Crippen LogP contribution is 2.44. The van der Waals surface area contributed by atoms with Crippen LogP contribution in [0.5, 0.6) is 0 Å². The Labute approximate surface area is 174 Å². The van der Waals surface area contributed by atoms with E-state index in [1.807, 2.05) is 47.4 Å². The molecule has 0 bridgehead atoms. The molecule has 5 rings (SSSR count). The number of hydrogen-bond donors (Lipinski definition) is 0. The molecule has 0 aromatic heterocycles. The molecule has 5 nitrogen and oxygen atoms in total. The third kappa shape index (κ3) is 2.88. The highest BCUT2D eigenvalue weighted by atomic mass is 32.2. The number of aliphatic imine (C=N–C) groups is 1. The Kier molecular flexibility index (Phi) is 4.37. The topological polar surface area (TPSA) is 66.8 Å². The van der Waals surface area contributed by atoms with Crippen LogP contribution in [-0.2, 0) is 9.84 Å². The molecule has 2 aliphatic rings. The van der Waals surface area contributed by atoms with Crippen LogP contribution >= 0.6 is 0 Å². The zero-order chi connectivity index (χ0) is 20.7. The lowest BCUT2D eigenvalue weighted by molar-refractivity contribution is 0.0964. The molecule has 0 aliphatic carbocycles. The minimum atomic E-state index is -3.77. The average Bonchev–Trinajstić information content (AvgIpc) is 3.21. The molecule has 2 heterocycles. The van der Waals surface area contributed by atoms with E-state index in [1.54, 1.807) is 48.7 Å². The molecule has 0 spiro atoms. The predicted molar refractivity (Wildman–Crippen MR) is 117 cm³/mol. The number of allylic oxidation sites excluding steroid dienone is 1. The van der Waals surface area contributed by atoms with Gasteiger partial charge < -0.3 is 4.90 Å². The van der Waals surface area contributed by atoms with Gasteiger partial charge >= 0.3 is 0 Å². The summed E-state index contributed by atoms with van der Waals surface area (Å²) in [6.07, 6.45) is 1.66. The van der Waals surface area contributed by atoms with Gasteiger partial charge in [0.1, 0.15) is 6.04 Å². The summed E-state index contributed by atoms with van der Waals surface area (Å²) in [6, 6.07) is 24.1. The number of fused-ring (bicyclic) bond motifs is 3. The molecule has 0 saturated heterocycles. The van der Waals surface area contributed by atoms with Gasteiger partial charge in [-0.05, 0) is 24.3 Å². The number of para-hydroxylation sites is 2. The van der Waals surface area contributed by atoms with Gasteiger partial charge in [0.2, 0.25) is 9.84 Å². The van der Waals surface area contributed by atoms with E-state index in [4.69, 9.17) is 0 Å². The number of Topliss-reactive ketones (excluding diaryl/α,β-unsaturated/α-hetero) is 1. The standard InChI is InChI=1S/C24H18N2O3S/c27-24(17-9-3-1-4-10-17)21-15-23(30(28,29)18-11-5-2-6-12-18)22-16-25-19-13-7-8-14-20(19)26(21)22/h1-14,16,21H,15H2. The van der Waals surface area contributed by atoms with Crippen molar-refractivity contribution in [2.45, 2.75) is 17.4 Å². The van der Waals surface area contributed by atoms with Crippen LogP contribution < -0.4 is 4.90 Å². The van der Waals surface area contributed by atoms with Crippen LogP contribution in [0.3, 0.4) is 0 Å². The predicted octanol–water partition coefficient (Wildman–Crippen LogP) is 4.55. The smallest absolute Gasteiger partial charge is 0.204 e. The summed E-state index contributed by atoms with van der Waals surface area (Å²) in [5.74, 6) is -0.114. The lowest BCUT2D eigenvalue weighted by Gasteiger charge is -2.30. The van der Waals surface area contributed by atoms with Crippen molar-refractivity contribution in [3.63, 3.8) is 0 Å². The number of benzene rings is 3. The maximum atomic E-state index is 13.4. The Bertz CT molecular complexity index is 1300. The van der Waals surface area contributed by atoms with Crippen LogP contribution in [0, 0.1) is 0 Å². The summed E-state index contributed by atoms with van der Waals surface area (Å²) in [6.45, 7) is 0. The highest BCUT2D eigenvalue weighted by molar-refractivity contribution is 7.95. The van der Waals surface area contributed by atoms with Crippen LogP contribution in [0.2, 0.25) is 0 Å². The lowest BCUT2D eigenvalue weighted by Crippen LogP contribution is -2.38. The summed E-state index contributed by atoms with van der Waals surface area (Å²) < 4.78 is 26.9. The molecular weight excluding hydrogens is 396 g/mol. The second kappa shape index (κ2) is 7.07. The maximum Gasteiger partial charge on any atom is 0.204 e. The first-order chi connectivity index (χ1) is 14.6. The molecule has 6 heteroatoms. The van der Waals surface area contributed by atoms with E-state index in [1.165, 1.54) is 0 Å². The summed E-state index contributed by atoms with van der Waals surface area (Å²) >= 11 is 0. The largest absolute Gasteiger partial charge is 0.326 e. The summed E-state index contributed by atoms with van der Waals surface area (Å²) in [4.78, 5) is 20.1. The van der Waals surface area contributed by atoms with Crippen LogP contribution in [0.1, 0.15) is 16.8 Å². The normalized spacial score (nSPS) is 17.6. The Morgan fingerprint density at radius 3 is 2.23 bits per heavy atom. The van der Waals surface area contributed by atoms with E-state index in [0.29, 0.717) is 16.9 Å². The molecule has 0 saturated carbocycles. The number of hydrogen-bond acceptors (Lipinski definition) is 5. The fourth-order valence-electron chi connectivity index (χ4n) is 4.01. The maximum absolute atomic E-state index is 13.4. The van der Waals surface area contributed by atoms with Gasteiger partial charge in [-0.25, -0.2) is 8.42 Å². The minimum absolute atomic E-state index is 0.0979. The third-order valence-electron chi connectivity index (χ3n) is 5.44. The van der Waals surface area contributed by atoms with Crippen LogP contribution in [0.15, 0.2) is 105 Å². The van der Waals surface area contributed by atoms with Gasteiger partial charge in [0, 0.05) is 12.0 Å². The van der Waals surface area contributed by atoms with Crippen molar-refractivity contribution in [3.8, 4) is 0 Å². The number of sulfone groups is 1. The van der Waals surface area contributed by atoms with Crippen molar-refractivity contribution in [1.29, 1.82) is 0 Å².